The van der Waals surface area contributed by atoms with Crippen molar-refractivity contribution in [3.63, 3.8) is 0 Å². The number of amides is 2. The number of unbranched alkanes of at least 4 members (excludes halogenated alkanes) is 3. The van der Waals surface area contributed by atoms with Crippen molar-refractivity contribution >= 4 is 23.6 Å². The third-order valence-corrected chi connectivity index (χ3v) is 5.33. The molecule has 0 atom stereocenters. The van der Waals surface area contributed by atoms with Crippen molar-refractivity contribution in [2.75, 3.05) is 12.3 Å². The number of thioether (sulfide) groups is 1. The van der Waals surface area contributed by atoms with E-state index in [9.17, 15) is 14.0 Å². The van der Waals surface area contributed by atoms with Gasteiger partial charge >= 0.3 is 0 Å². The Morgan fingerprint density at radius 2 is 1.40 bits per heavy atom. The van der Waals surface area contributed by atoms with Crippen LogP contribution < -0.4 is 0 Å². The van der Waals surface area contributed by atoms with E-state index in [1.165, 1.54) is 17.0 Å². The first-order valence-corrected chi connectivity index (χ1v) is 9.49. The smallest absolute Gasteiger partial charge is 0.261 e. The quantitative estimate of drug-likeness (QED) is 0.388. The zero-order valence-corrected chi connectivity index (χ0v) is 14.7. The van der Waals surface area contributed by atoms with Gasteiger partial charge in [-0.2, -0.15) is 0 Å². The van der Waals surface area contributed by atoms with Crippen molar-refractivity contribution in [2.45, 2.75) is 30.6 Å². The Labute approximate surface area is 151 Å². The molecule has 0 N–H and O–H groups in total. The maximum absolute atomic E-state index is 12.8. The first kappa shape index (κ1) is 17.7. The molecular weight excluding hydrogens is 337 g/mol. The van der Waals surface area contributed by atoms with Gasteiger partial charge in [0.15, 0.2) is 0 Å². The van der Waals surface area contributed by atoms with E-state index < -0.39 is 0 Å². The van der Waals surface area contributed by atoms with Crippen LogP contribution in [0.25, 0.3) is 0 Å². The molecule has 0 fully saturated rings. The van der Waals surface area contributed by atoms with Gasteiger partial charge in [-0.1, -0.05) is 25.0 Å². The van der Waals surface area contributed by atoms with E-state index in [-0.39, 0.29) is 17.6 Å². The minimum atomic E-state index is -0.211. The third kappa shape index (κ3) is 4.28. The van der Waals surface area contributed by atoms with Crippen molar-refractivity contribution in [3.8, 4) is 0 Å². The topological polar surface area (TPSA) is 37.4 Å². The summed E-state index contributed by atoms with van der Waals surface area (Å²) in [5, 5.41) is 0. The van der Waals surface area contributed by atoms with Gasteiger partial charge in [-0.25, -0.2) is 4.39 Å². The van der Waals surface area contributed by atoms with Gasteiger partial charge in [0, 0.05) is 11.4 Å². The number of benzene rings is 2. The van der Waals surface area contributed by atoms with E-state index in [1.807, 2.05) is 0 Å². The van der Waals surface area contributed by atoms with Crippen LogP contribution in [0.2, 0.25) is 0 Å². The van der Waals surface area contributed by atoms with Crippen molar-refractivity contribution in [1.29, 1.82) is 0 Å². The summed E-state index contributed by atoms with van der Waals surface area (Å²) in [6.45, 7) is 0.484. The molecule has 1 aliphatic heterocycles. The molecule has 2 amide bonds. The summed E-state index contributed by atoms with van der Waals surface area (Å²) in [5.74, 6) is 0.427. The number of nitrogens with zero attached hydrogens (tertiary/aromatic N) is 1. The lowest BCUT2D eigenvalue weighted by Gasteiger charge is -2.13. The number of hydrogen-bond donors (Lipinski definition) is 0. The van der Waals surface area contributed by atoms with Gasteiger partial charge in [0.1, 0.15) is 5.82 Å². The summed E-state index contributed by atoms with van der Waals surface area (Å²) in [7, 11) is 0. The summed E-state index contributed by atoms with van der Waals surface area (Å²) in [4.78, 5) is 26.9. The Bertz CT molecular complexity index is 726. The molecule has 3 nitrogen and oxygen atoms in total. The SMILES string of the molecule is O=C1c2ccccc2C(=O)N1CCCCCCSc1ccc(F)cc1. The van der Waals surface area contributed by atoms with Crippen molar-refractivity contribution in [3.05, 3.63) is 65.5 Å². The second kappa shape index (κ2) is 8.30. The molecule has 0 saturated carbocycles. The summed E-state index contributed by atoms with van der Waals surface area (Å²) >= 11 is 1.72. The standard InChI is InChI=1S/C20H20FNO2S/c21-15-9-11-16(12-10-15)25-14-6-2-1-5-13-22-19(23)17-7-3-4-8-18(17)20(22)24/h3-4,7-12H,1-2,5-6,13-14H2. The predicted molar refractivity (Wildman–Crippen MR) is 97.4 cm³/mol. The molecule has 2 aromatic rings. The van der Waals surface area contributed by atoms with Crippen LogP contribution in [0.15, 0.2) is 53.4 Å². The van der Waals surface area contributed by atoms with Crippen LogP contribution in [-0.2, 0) is 0 Å². The number of rotatable bonds is 8. The molecule has 130 valence electrons. The number of carbonyl (C=O) groups is 2. The lowest BCUT2D eigenvalue weighted by Crippen LogP contribution is -2.30. The predicted octanol–water partition coefficient (Wildman–Crippen LogP) is 4.77. The average molecular weight is 357 g/mol. The van der Waals surface area contributed by atoms with Crippen LogP contribution in [0.3, 0.4) is 0 Å². The third-order valence-electron chi connectivity index (χ3n) is 4.24. The van der Waals surface area contributed by atoms with Crippen LogP contribution in [0.5, 0.6) is 0 Å². The lowest BCUT2D eigenvalue weighted by molar-refractivity contribution is 0.0651. The van der Waals surface area contributed by atoms with Crippen molar-refractivity contribution < 1.29 is 14.0 Å². The number of halogens is 1. The Hall–Kier alpha value is -2.14. The molecule has 0 aliphatic carbocycles. The number of hydrogen-bond acceptors (Lipinski definition) is 3. The van der Waals surface area contributed by atoms with Crippen LogP contribution in [-0.4, -0.2) is 29.0 Å². The minimum absolute atomic E-state index is 0.174. The fourth-order valence-corrected chi connectivity index (χ4v) is 3.80. The first-order valence-electron chi connectivity index (χ1n) is 8.50. The molecule has 1 heterocycles. The fourth-order valence-electron chi connectivity index (χ4n) is 2.89. The minimum Gasteiger partial charge on any atom is -0.274 e. The molecule has 0 aromatic heterocycles. The molecule has 2 aromatic carbocycles. The van der Waals surface area contributed by atoms with Crippen LogP contribution in [0.1, 0.15) is 46.4 Å². The first-order chi connectivity index (χ1) is 12.2. The maximum atomic E-state index is 12.8. The van der Waals surface area contributed by atoms with Gasteiger partial charge < -0.3 is 0 Å². The van der Waals surface area contributed by atoms with Gasteiger partial charge in [0.25, 0.3) is 11.8 Å². The average Bonchev–Trinajstić information content (AvgIpc) is 2.87. The van der Waals surface area contributed by atoms with Gasteiger partial charge in [0.2, 0.25) is 0 Å². The summed E-state index contributed by atoms with van der Waals surface area (Å²) in [5.41, 5.74) is 1.03. The van der Waals surface area contributed by atoms with Crippen LogP contribution in [0, 0.1) is 5.82 Å². The van der Waals surface area contributed by atoms with E-state index in [0.29, 0.717) is 17.7 Å². The molecule has 0 saturated heterocycles. The van der Waals surface area contributed by atoms with E-state index in [0.717, 1.165) is 36.3 Å². The summed E-state index contributed by atoms with van der Waals surface area (Å²) < 4.78 is 12.8. The van der Waals surface area contributed by atoms with Gasteiger partial charge in [0.05, 0.1) is 11.1 Å². The molecule has 5 heteroatoms. The van der Waals surface area contributed by atoms with E-state index in [4.69, 9.17) is 0 Å². The molecule has 3 rings (SSSR count). The van der Waals surface area contributed by atoms with Gasteiger partial charge in [-0.05, 0) is 55.0 Å². The molecule has 0 bridgehead atoms. The zero-order chi connectivity index (χ0) is 17.6. The highest BCUT2D eigenvalue weighted by molar-refractivity contribution is 7.99. The highest BCUT2D eigenvalue weighted by atomic mass is 32.2. The fraction of sp³-hybridized carbons (Fsp3) is 0.300. The highest BCUT2D eigenvalue weighted by Gasteiger charge is 2.34. The molecular formula is C20H20FNO2S. The van der Waals surface area contributed by atoms with Crippen molar-refractivity contribution in [2.24, 2.45) is 0 Å². The Kier molecular flexibility index (Phi) is 5.87. The molecule has 1 aliphatic rings. The second-order valence-corrected chi connectivity index (χ2v) is 7.19. The van der Waals surface area contributed by atoms with Crippen molar-refractivity contribution in [1.82, 2.24) is 4.90 Å². The molecule has 0 unspecified atom stereocenters. The normalized spacial score (nSPS) is 13.4. The van der Waals surface area contributed by atoms with E-state index >= 15 is 0 Å². The van der Waals surface area contributed by atoms with Gasteiger partial charge in [-0.15, -0.1) is 11.8 Å². The molecule has 0 spiro atoms. The zero-order valence-electron chi connectivity index (χ0n) is 13.9. The largest absolute Gasteiger partial charge is 0.274 e. The maximum Gasteiger partial charge on any atom is 0.261 e. The summed E-state index contributed by atoms with van der Waals surface area (Å²) in [6.07, 6.45) is 3.92. The number of carbonyl (C=O) groups excluding carboxylic acids is 2. The number of imide groups is 1. The molecule has 0 radical (unpaired) electrons. The van der Waals surface area contributed by atoms with E-state index in [1.54, 1.807) is 48.2 Å². The second-order valence-electron chi connectivity index (χ2n) is 6.02. The lowest BCUT2D eigenvalue weighted by atomic mass is 10.1. The Morgan fingerprint density at radius 1 is 0.800 bits per heavy atom. The van der Waals surface area contributed by atoms with Crippen LogP contribution >= 0.6 is 11.8 Å². The summed E-state index contributed by atoms with van der Waals surface area (Å²) in [6, 6.07) is 13.5. The Morgan fingerprint density at radius 3 is 2.04 bits per heavy atom. The van der Waals surface area contributed by atoms with Gasteiger partial charge in [-0.3, -0.25) is 14.5 Å². The van der Waals surface area contributed by atoms with E-state index in [2.05, 4.69) is 0 Å². The number of fused-ring (bicyclic) bond motifs is 1. The van der Waals surface area contributed by atoms with Crippen LogP contribution in [0.4, 0.5) is 4.39 Å². The highest BCUT2D eigenvalue weighted by Crippen LogP contribution is 2.23. The Balaban J connectivity index is 1.33. The molecule has 25 heavy (non-hydrogen) atoms. The monoisotopic (exact) mass is 357 g/mol.